The van der Waals surface area contributed by atoms with E-state index in [-0.39, 0.29) is 17.5 Å². The van der Waals surface area contributed by atoms with Gasteiger partial charge in [-0.05, 0) is 31.1 Å². The fourth-order valence-corrected chi connectivity index (χ4v) is 3.21. The average molecular weight is 295 g/mol. The molecular weight excluding hydrogens is 280 g/mol. The summed E-state index contributed by atoms with van der Waals surface area (Å²) in [4.78, 5) is 12.8. The van der Waals surface area contributed by atoms with Crippen LogP contribution in [0.4, 0.5) is 0 Å². The third kappa shape index (κ3) is 4.09. The Morgan fingerprint density at radius 1 is 1.42 bits per heavy atom. The molecule has 1 fully saturated rings. The molecule has 3 nitrogen and oxygen atoms in total. The van der Waals surface area contributed by atoms with Crippen molar-refractivity contribution in [2.75, 3.05) is 0 Å². The van der Waals surface area contributed by atoms with Gasteiger partial charge >= 0.3 is 0 Å². The third-order valence-electron chi connectivity index (χ3n) is 3.19. The molecule has 1 amide bonds. The number of nitrogens with zero attached hydrogens (tertiary/aromatic N) is 1. The Hall–Kier alpha value is -1.31. The van der Waals surface area contributed by atoms with Crippen LogP contribution in [0.1, 0.15) is 37.0 Å². The summed E-state index contributed by atoms with van der Waals surface area (Å²) >= 11 is 7.18. The molecule has 0 aliphatic heterocycles. The van der Waals surface area contributed by atoms with Crippen LogP contribution in [0.2, 0.25) is 4.34 Å². The maximum absolute atomic E-state index is 12.0. The van der Waals surface area contributed by atoms with E-state index in [0.29, 0.717) is 4.34 Å². The Morgan fingerprint density at radius 2 is 2.16 bits per heavy atom. The molecule has 2 rings (SSSR count). The molecule has 1 aliphatic carbocycles. The number of nitriles is 1. The summed E-state index contributed by atoms with van der Waals surface area (Å²) in [5, 5.41) is 12.0. The van der Waals surface area contributed by atoms with Crippen LogP contribution in [-0.2, 0) is 4.79 Å². The van der Waals surface area contributed by atoms with Crippen LogP contribution in [0.5, 0.6) is 0 Å². The van der Waals surface area contributed by atoms with Gasteiger partial charge in [0.1, 0.15) is 11.6 Å². The van der Waals surface area contributed by atoms with Crippen molar-refractivity contribution < 1.29 is 4.79 Å². The molecule has 0 radical (unpaired) electrons. The summed E-state index contributed by atoms with van der Waals surface area (Å²) in [5.41, 5.74) is 0.143. The normalized spacial score (nSPS) is 16.9. The van der Waals surface area contributed by atoms with Gasteiger partial charge in [-0.15, -0.1) is 11.3 Å². The summed E-state index contributed by atoms with van der Waals surface area (Å²) in [7, 11) is 0. The number of nitrogens with one attached hydrogen (secondary N) is 1. The fourth-order valence-electron chi connectivity index (χ4n) is 2.21. The summed E-state index contributed by atoms with van der Waals surface area (Å²) in [6.07, 6.45) is 7.15. The number of carbonyl (C=O) groups is 1. The second-order valence-electron chi connectivity index (χ2n) is 4.62. The highest BCUT2D eigenvalue weighted by Gasteiger charge is 2.18. The lowest BCUT2D eigenvalue weighted by atomic mass is 9.95. The lowest BCUT2D eigenvalue weighted by Crippen LogP contribution is -2.36. The van der Waals surface area contributed by atoms with Crippen LogP contribution >= 0.6 is 22.9 Å². The van der Waals surface area contributed by atoms with Crippen molar-refractivity contribution in [2.45, 2.75) is 38.1 Å². The Kier molecular flexibility index (Phi) is 5.00. The number of rotatable bonds is 3. The van der Waals surface area contributed by atoms with Crippen LogP contribution < -0.4 is 5.32 Å². The SMILES string of the molecule is N#C/C(=C\c1ccc(Cl)s1)C(=O)NC1CCCCC1. The van der Waals surface area contributed by atoms with Crippen molar-refractivity contribution in [2.24, 2.45) is 0 Å². The van der Waals surface area contributed by atoms with E-state index in [0.717, 1.165) is 30.6 Å². The second kappa shape index (κ2) is 6.74. The molecule has 0 bridgehead atoms. The number of amides is 1. The lowest BCUT2D eigenvalue weighted by Gasteiger charge is -2.22. The highest BCUT2D eigenvalue weighted by molar-refractivity contribution is 7.17. The van der Waals surface area contributed by atoms with Gasteiger partial charge in [-0.1, -0.05) is 30.9 Å². The standard InChI is InChI=1S/C14H15ClN2OS/c15-13-7-6-12(19-13)8-10(9-16)14(18)17-11-4-2-1-3-5-11/h6-8,11H,1-5H2,(H,17,18)/b10-8+. The predicted octanol–water partition coefficient (Wildman–Crippen LogP) is 3.76. The molecule has 1 heterocycles. The number of carbonyl (C=O) groups excluding carboxylic acids is 1. The van der Waals surface area contributed by atoms with Gasteiger partial charge in [0.05, 0.1) is 4.34 Å². The molecule has 0 saturated heterocycles. The zero-order chi connectivity index (χ0) is 13.7. The van der Waals surface area contributed by atoms with Crippen LogP contribution in [0, 0.1) is 11.3 Å². The van der Waals surface area contributed by atoms with Crippen molar-refractivity contribution in [1.82, 2.24) is 5.32 Å². The lowest BCUT2D eigenvalue weighted by molar-refractivity contribution is -0.117. The molecule has 0 unspecified atom stereocenters. The van der Waals surface area contributed by atoms with Gasteiger partial charge in [-0.25, -0.2) is 0 Å². The average Bonchev–Trinajstić information content (AvgIpc) is 2.82. The summed E-state index contributed by atoms with van der Waals surface area (Å²) in [5.74, 6) is -0.279. The number of hydrogen-bond acceptors (Lipinski definition) is 3. The first-order valence-electron chi connectivity index (χ1n) is 6.37. The van der Waals surface area contributed by atoms with Gasteiger partial charge in [-0.2, -0.15) is 5.26 Å². The highest BCUT2D eigenvalue weighted by atomic mass is 35.5. The van der Waals surface area contributed by atoms with Crippen LogP contribution in [-0.4, -0.2) is 11.9 Å². The second-order valence-corrected chi connectivity index (χ2v) is 6.37. The van der Waals surface area contributed by atoms with E-state index >= 15 is 0 Å². The zero-order valence-corrected chi connectivity index (χ0v) is 12.1. The van der Waals surface area contributed by atoms with Crippen molar-refractivity contribution >= 4 is 34.9 Å². The Balaban J connectivity index is 2.02. The first-order chi connectivity index (χ1) is 9.19. The molecular formula is C14H15ClN2OS. The van der Waals surface area contributed by atoms with Gasteiger partial charge in [0.25, 0.3) is 5.91 Å². The van der Waals surface area contributed by atoms with Crippen LogP contribution in [0.3, 0.4) is 0 Å². The Labute approximate surface area is 121 Å². The van der Waals surface area contributed by atoms with E-state index in [4.69, 9.17) is 16.9 Å². The first-order valence-corrected chi connectivity index (χ1v) is 7.56. The number of hydrogen-bond donors (Lipinski definition) is 1. The Bertz CT molecular complexity index is 524. The first kappa shape index (κ1) is 14.1. The van der Waals surface area contributed by atoms with Gasteiger partial charge in [0.2, 0.25) is 0 Å². The smallest absolute Gasteiger partial charge is 0.262 e. The third-order valence-corrected chi connectivity index (χ3v) is 4.36. The van der Waals surface area contributed by atoms with E-state index < -0.39 is 0 Å². The van der Waals surface area contributed by atoms with Gasteiger partial charge < -0.3 is 5.32 Å². The van der Waals surface area contributed by atoms with E-state index in [2.05, 4.69) is 5.32 Å². The van der Waals surface area contributed by atoms with Crippen molar-refractivity contribution in [1.29, 1.82) is 5.26 Å². The van der Waals surface area contributed by atoms with Crippen molar-refractivity contribution in [3.63, 3.8) is 0 Å². The largest absolute Gasteiger partial charge is 0.349 e. The molecule has 1 aromatic rings. The molecule has 1 N–H and O–H groups in total. The van der Waals surface area contributed by atoms with E-state index in [1.54, 1.807) is 18.2 Å². The number of thiophene rings is 1. The minimum atomic E-state index is -0.279. The molecule has 100 valence electrons. The predicted molar refractivity (Wildman–Crippen MR) is 77.9 cm³/mol. The molecule has 0 aromatic carbocycles. The fraction of sp³-hybridized carbons (Fsp3) is 0.429. The molecule has 0 atom stereocenters. The van der Waals surface area contributed by atoms with E-state index in [9.17, 15) is 4.79 Å². The van der Waals surface area contributed by atoms with Crippen molar-refractivity contribution in [3.8, 4) is 6.07 Å². The number of halogens is 1. The van der Waals surface area contributed by atoms with Gasteiger partial charge in [0.15, 0.2) is 0 Å². The summed E-state index contributed by atoms with van der Waals surface area (Å²) in [6.45, 7) is 0. The molecule has 1 aromatic heterocycles. The molecule has 1 saturated carbocycles. The highest BCUT2D eigenvalue weighted by Crippen LogP contribution is 2.24. The summed E-state index contributed by atoms with van der Waals surface area (Å²) in [6, 6.07) is 5.73. The quantitative estimate of drug-likeness (QED) is 0.682. The topological polar surface area (TPSA) is 52.9 Å². The van der Waals surface area contributed by atoms with Gasteiger partial charge in [0, 0.05) is 10.9 Å². The minimum absolute atomic E-state index is 0.143. The summed E-state index contributed by atoms with van der Waals surface area (Å²) < 4.78 is 0.649. The van der Waals surface area contributed by atoms with Crippen molar-refractivity contribution in [3.05, 3.63) is 26.9 Å². The minimum Gasteiger partial charge on any atom is -0.349 e. The van der Waals surface area contributed by atoms with E-state index in [1.165, 1.54) is 17.8 Å². The van der Waals surface area contributed by atoms with Crippen LogP contribution in [0.15, 0.2) is 17.7 Å². The Morgan fingerprint density at radius 3 is 2.74 bits per heavy atom. The zero-order valence-electron chi connectivity index (χ0n) is 10.5. The molecule has 0 spiro atoms. The van der Waals surface area contributed by atoms with Gasteiger partial charge in [-0.3, -0.25) is 4.79 Å². The molecule has 19 heavy (non-hydrogen) atoms. The monoisotopic (exact) mass is 294 g/mol. The maximum Gasteiger partial charge on any atom is 0.262 e. The maximum atomic E-state index is 12.0. The molecule has 5 heteroatoms. The van der Waals surface area contributed by atoms with E-state index in [1.807, 2.05) is 6.07 Å². The van der Waals surface area contributed by atoms with Crippen LogP contribution in [0.25, 0.3) is 6.08 Å². The molecule has 1 aliphatic rings.